The van der Waals surface area contributed by atoms with Crippen LogP contribution in [0.1, 0.15) is 36.1 Å². The fraction of sp³-hybridized carbons (Fsp3) is 0.263. The van der Waals surface area contributed by atoms with Gasteiger partial charge in [0.2, 0.25) is 0 Å². The predicted molar refractivity (Wildman–Crippen MR) is 87.5 cm³/mol. The standard InChI is InChI=1S/C19H21NO/c1-3-12-20-19(15-9-5-4-8-14(15)2)17-13-21-18-11-7-6-10-16(17)18/h4-11,13,19-20H,3,12H2,1-2H3. The van der Waals surface area contributed by atoms with Crippen molar-refractivity contribution in [3.8, 4) is 0 Å². The Morgan fingerprint density at radius 1 is 1.00 bits per heavy atom. The predicted octanol–water partition coefficient (Wildman–Crippen LogP) is 4.83. The van der Waals surface area contributed by atoms with Crippen molar-refractivity contribution in [2.24, 2.45) is 0 Å². The molecule has 2 aromatic carbocycles. The SMILES string of the molecule is CCCNC(c1ccccc1C)c1coc2ccccc12. The van der Waals surface area contributed by atoms with Crippen LogP contribution in [0.3, 0.4) is 0 Å². The first-order valence-corrected chi connectivity index (χ1v) is 7.56. The van der Waals surface area contributed by atoms with E-state index in [1.54, 1.807) is 0 Å². The average Bonchev–Trinajstić information content (AvgIpc) is 2.93. The van der Waals surface area contributed by atoms with E-state index in [9.17, 15) is 0 Å². The minimum absolute atomic E-state index is 0.176. The molecule has 21 heavy (non-hydrogen) atoms. The van der Waals surface area contributed by atoms with Crippen LogP contribution in [0.4, 0.5) is 0 Å². The summed E-state index contributed by atoms with van der Waals surface area (Å²) in [6, 6.07) is 17.0. The van der Waals surface area contributed by atoms with Crippen molar-refractivity contribution in [3.63, 3.8) is 0 Å². The number of hydrogen-bond donors (Lipinski definition) is 1. The number of hydrogen-bond acceptors (Lipinski definition) is 2. The Hall–Kier alpha value is -2.06. The van der Waals surface area contributed by atoms with Crippen molar-refractivity contribution >= 4 is 11.0 Å². The molecule has 3 rings (SSSR count). The second kappa shape index (κ2) is 6.15. The Balaban J connectivity index is 2.09. The molecule has 0 saturated carbocycles. The summed E-state index contributed by atoms with van der Waals surface area (Å²) in [6.45, 7) is 5.34. The second-order valence-electron chi connectivity index (χ2n) is 5.43. The zero-order valence-corrected chi connectivity index (χ0v) is 12.6. The first kappa shape index (κ1) is 13.9. The lowest BCUT2D eigenvalue weighted by atomic mass is 9.94. The minimum Gasteiger partial charge on any atom is -0.464 e. The smallest absolute Gasteiger partial charge is 0.134 e. The summed E-state index contributed by atoms with van der Waals surface area (Å²) in [5, 5.41) is 4.85. The molecule has 2 nitrogen and oxygen atoms in total. The third-order valence-electron chi connectivity index (χ3n) is 3.92. The van der Waals surface area contributed by atoms with Crippen molar-refractivity contribution in [3.05, 3.63) is 71.5 Å². The van der Waals surface area contributed by atoms with E-state index in [-0.39, 0.29) is 6.04 Å². The summed E-state index contributed by atoms with van der Waals surface area (Å²) in [6.07, 6.45) is 3.00. The highest BCUT2D eigenvalue weighted by Gasteiger charge is 2.19. The summed E-state index contributed by atoms with van der Waals surface area (Å²) in [7, 11) is 0. The maximum absolute atomic E-state index is 5.73. The van der Waals surface area contributed by atoms with Gasteiger partial charge in [0.25, 0.3) is 0 Å². The fourth-order valence-electron chi connectivity index (χ4n) is 2.81. The van der Waals surface area contributed by atoms with Crippen LogP contribution in [0.5, 0.6) is 0 Å². The van der Waals surface area contributed by atoms with E-state index < -0.39 is 0 Å². The van der Waals surface area contributed by atoms with Crippen LogP contribution in [0.25, 0.3) is 11.0 Å². The molecule has 0 bridgehead atoms. The van der Waals surface area contributed by atoms with Gasteiger partial charge < -0.3 is 9.73 Å². The topological polar surface area (TPSA) is 25.2 Å². The van der Waals surface area contributed by atoms with Crippen molar-refractivity contribution in [1.29, 1.82) is 0 Å². The van der Waals surface area contributed by atoms with E-state index in [4.69, 9.17) is 4.42 Å². The average molecular weight is 279 g/mol. The van der Waals surface area contributed by atoms with E-state index in [1.807, 2.05) is 18.4 Å². The maximum atomic E-state index is 5.73. The van der Waals surface area contributed by atoms with Crippen LogP contribution >= 0.6 is 0 Å². The molecule has 108 valence electrons. The Bertz CT molecular complexity index is 729. The van der Waals surface area contributed by atoms with Gasteiger partial charge in [0.1, 0.15) is 5.58 Å². The Labute approximate surface area is 125 Å². The molecule has 0 aliphatic rings. The summed E-state index contributed by atoms with van der Waals surface area (Å²) in [4.78, 5) is 0. The van der Waals surface area contributed by atoms with Gasteiger partial charge in [-0.3, -0.25) is 0 Å². The molecule has 0 saturated heterocycles. The normalized spacial score (nSPS) is 12.7. The molecule has 0 amide bonds. The molecule has 0 radical (unpaired) electrons. The summed E-state index contributed by atoms with van der Waals surface area (Å²) in [5.74, 6) is 0. The molecular weight excluding hydrogens is 258 g/mol. The molecule has 0 aliphatic heterocycles. The summed E-state index contributed by atoms with van der Waals surface area (Å²) < 4.78 is 5.73. The quantitative estimate of drug-likeness (QED) is 0.723. The van der Waals surface area contributed by atoms with Gasteiger partial charge in [-0.1, -0.05) is 49.4 Å². The molecule has 1 N–H and O–H groups in total. The number of aryl methyl sites for hydroxylation is 1. The van der Waals surface area contributed by atoms with Gasteiger partial charge in [0.05, 0.1) is 12.3 Å². The highest BCUT2D eigenvalue weighted by molar-refractivity contribution is 5.82. The van der Waals surface area contributed by atoms with Gasteiger partial charge >= 0.3 is 0 Å². The first-order chi connectivity index (χ1) is 10.3. The van der Waals surface area contributed by atoms with Gasteiger partial charge in [-0.05, 0) is 37.1 Å². The molecule has 1 atom stereocenters. The molecule has 0 spiro atoms. The van der Waals surface area contributed by atoms with Gasteiger partial charge in [0, 0.05) is 10.9 Å². The van der Waals surface area contributed by atoms with Crippen molar-refractivity contribution in [2.45, 2.75) is 26.3 Å². The van der Waals surface area contributed by atoms with Gasteiger partial charge in [-0.25, -0.2) is 0 Å². The Morgan fingerprint density at radius 3 is 2.57 bits per heavy atom. The van der Waals surface area contributed by atoms with Crippen molar-refractivity contribution in [2.75, 3.05) is 6.54 Å². The molecule has 1 unspecified atom stereocenters. The number of furan rings is 1. The van der Waals surface area contributed by atoms with Gasteiger partial charge in [-0.15, -0.1) is 0 Å². The van der Waals surface area contributed by atoms with E-state index in [2.05, 4.69) is 55.6 Å². The number of para-hydroxylation sites is 1. The van der Waals surface area contributed by atoms with Crippen LogP contribution in [-0.2, 0) is 0 Å². The summed E-state index contributed by atoms with van der Waals surface area (Å²) in [5.41, 5.74) is 4.78. The van der Waals surface area contributed by atoms with Crippen molar-refractivity contribution in [1.82, 2.24) is 5.32 Å². The third kappa shape index (κ3) is 2.72. The monoisotopic (exact) mass is 279 g/mol. The minimum atomic E-state index is 0.176. The molecular formula is C19H21NO. The summed E-state index contributed by atoms with van der Waals surface area (Å²) >= 11 is 0. The van der Waals surface area contributed by atoms with Crippen LogP contribution in [0, 0.1) is 6.92 Å². The lowest BCUT2D eigenvalue weighted by Gasteiger charge is -2.20. The zero-order valence-electron chi connectivity index (χ0n) is 12.6. The molecule has 0 aliphatic carbocycles. The zero-order chi connectivity index (χ0) is 14.7. The van der Waals surface area contributed by atoms with Gasteiger partial charge in [-0.2, -0.15) is 0 Å². The lowest BCUT2D eigenvalue weighted by Crippen LogP contribution is -2.23. The number of benzene rings is 2. The van der Waals surface area contributed by atoms with Crippen molar-refractivity contribution < 1.29 is 4.42 Å². The van der Waals surface area contributed by atoms with Crippen LogP contribution in [-0.4, -0.2) is 6.54 Å². The van der Waals surface area contributed by atoms with Crippen LogP contribution < -0.4 is 5.32 Å². The van der Waals surface area contributed by atoms with E-state index >= 15 is 0 Å². The van der Waals surface area contributed by atoms with E-state index in [1.165, 1.54) is 22.1 Å². The molecule has 1 heterocycles. The van der Waals surface area contributed by atoms with Crippen LogP contribution in [0.2, 0.25) is 0 Å². The molecule has 3 aromatic rings. The highest BCUT2D eigenvalue weighted by atomic mass is 16.3. The molecule has 0 fully saturated rings. The lowest BCUT2D eigenvalue weighted by molar-refractivity contribution is 0.571. The largest absolute Gasteiger partial charge is 0.464 e. The molecule has 2 heteroatoms. The highest BCUT2D eigenvalue weighted by Crippen LogP contribution is 2.31. The fourth-order valence-corrected chi connectivity index (χ4v) is 2.81. The maximum Gasteiger partial charge on any atom is 0.134 e. The third-order valence-corrected chi connectivity index (χ3v) is 3.92. The number of fused-ring (bicyclic) bond motifs is 1. The molecule has 1 aromatic heterocycles. The number of rotatable bonds is 5. The number of nitrogens with one attached hydrogen (secondary N) is 1. The van der Waals surface area contributed by atoms with E-state index in [0.717, 1.165) is 18.5 Å². The Kier molecular flexibility index (Phi) is 4.07. The van der Waals surface area contributed by atoms with Crippen LogP contribution in [0.15, 0.2) is 59.2 Å². The Morgan fingerprint density at radius 2 is 1.76 bits per heavy atom. The second-order valence-corrected chi connectivity index (χ2v) is 5.43. The van der Waals surface area contributed by atoms with E-state index in [0.29, 0.717) is 0 Å². The van der Waals surface area contributed by atoms with Gasteiger partial charge in [0.15, 0.2) is 0 Å². The first-order valence-electron chi connectivity index (χ1n) is 7.56.